The Morgan fingerprint density at radius 3 is 2.35 bits per heavy atom. The summed E-state index contributed by atoms with van der Waals surface area (Å²) in [6.07, 6.45) is -0.897. The molecule has 0 aliphatic heterocycles. The van der Waals surface area contributed by atoms with E-state index in [0.717, 1.165) is 4.57 Å². The number of aromatic nitrogens is 2. The Labute approximate surface area is 172 Å². The van der Waals surface area contributed by atoms with Crippen molar-refractivity contribution < 1.29 is 61.9 Å². The number of aromatic amines is 1. The second-order valence-corrected chi connectivity index (χ2v) is 6.51. The van der Waals surface area contributed by atoms with Crippen LogP contribution in [0.4, 0.5) is 0 Å². The van der Waals surface area contributed by atoms with Gasteiger partial charge in [-0.2, -0.15) is 0 Å². The monoisotopic (exact) mass is 368 g/mol. The summed E-state index contributed by atoms with van der Waals surface area (Å²) in [4.78, 5) is 47.2. The molecule has 0 saturated carbocycles. The molecule has 2 rings (SSSR count). The summed E-state index contributed by atoms with van der Waals surface area (Å²) in [6, 6.07) is 8.59. The van der Waals surface area contributed by atoms with Crippen LogP contribution in [0.5, 0.6) is 0 Å². The molecule has 1 aromatic carbocycles. The maximum Gasteiger partial charge on any atom is 1.00 e. The minimum Gasteiger partial charge on any atom is -0.809 e. The summed E-state index contributed by atoms with van der Waals surface area (Å²) >= 11 is 0. The largest absolute Gasteiger partial charge is 1.00 e. The number of aliphatic hydroxyl groups is 1. The summed E-state index contributed by atoms with van der Waals surface area (Å²) in [5.41, 5.74) is -0.510. The van der Waals surface area contributed by atoms with Crippen LogP contribution in [0.2, 0.25) is 0 Å². The van der Waals surface area contributed by atoms with Gasteiger partial charge in [-0.3, -0.25) is 14.3 Å². The topological polar surface area (TPSA) is 148 Å². The van der Waals surface area contributed by atoms with E-state index in [-0.39, 0.29) is 49.8 Å². The zero-order valence-corrected chi connectivity index (χ0v) is 15.3. The molecule has 0 bridgehead atoms. The zero-order chi connectivity index (χ0) is 17.7. The van der Waals surface area contributed by atoms with Crippen molar-refractivity contribution in [3.63, 3.8) is 0 Å². The van der Waals surface area contributed by atoms with Crippen LogP contribution < -0.4 is 58.8 Å². The first kappa shape index (κ1) is 25.2. The minimum atomic E-state index is -4.89. The van der Waals surface area contributed by atoms with Crippen molar-refractivity contribution in [3.05, 3.63) is 57.4 Å². The Morgan fingerprint density at radius 2 is 1.81 bits per heavy atom. The quantitative estimate of drug-likeness (QED) is 0.364. The molecule has 9 nitrogen and oxygen atoms in total. The van der Waals surface area contributed by atoms with Gasteiger partial charge in [-0.25, -0.2) is 4.79 Å². The molecule has 0 unspecified atom stereocenters. The van der Waals surface area contributed by atoms with Crippen LogP contribution in [0.25, 0.3) is 11.1 Å². The Kier molecular flexibility index (Phi) is 10.8. The normalized spacial score (nSPS) is 12.0. The van der Waals surface area contributed by atoms with E-state index in [1.807, 2.05) is 0 Å². The SMILES string of the molecule is O=c1[nH]c(=O)n(C[C@H](CO)OCP(=O)([O-])[O-])cc1-c1ccccc1.[Li+].[Li+]. The van der Waals surface area contributed by atoms with Crippen molar-refractivity contribution in [1.82, 2.24) is 9.55 Å². The van der Waals surface area contributed by atoms with Crippen LogP contribution in [0.15, 0.2) is 46.1 Å². The van der Waals surface area contributed by atoms with Crippen LogP contribution in [-0.2, 0) is 15.8 Å². The fourth-order valence-corrected chi connectivity index (χ4v) is 2.44. The van der Waals surface area contributed by atoms with E-state index in [0.29, 0.717) is 5.56 Å². The first-order chi connectivity index (χ1) is 11.3. The van der Waals surface area contributed by atoms with Crippen molar-refractivity contribution in [3.8, 4) is 11.1 Å². The van der Waals surface area contributed by atoms with Crippen molar-refractivity contribution in [2.24, 2.45) is 0 Å². The molecule has 0 saturated heterocycles. The predicted molar refractivity (Wildman–Crippen MR) is 81.2 cm³/mol. The molecule has 0 amide bonds. The first-order valence-corrected chi connectivity index (χ1v) is 8.65. The van der Waals surface area contributed by atoms with Gasteiger partial charge in [0.05, 0.1) is 31.2 Å². The van der Waals surface area contributed by atoms with Gasteiger partial charge < -0.3 is 24.2 Å². The van der Waals surface area contributed by atoms with E-state index in [4.69, 9.17) is 4.74 Å². The number of hydrogen-bond acceptors (Lipinski definition) is 7. The summed E-state index contributed by atoms with van der Waals surface area (Å²) in [5, 5.41) is 9.21. The Morgan fingerprint density at radius 1 is 1.19 bits per heavy atom. The van der Waals surface area contributed by atoms with Crippen molar-refractivity contribution >= 4 is 7.60 Å². The summed E-state index contributed by atoms with van der Waals surface area (Å²) < 4.78 is 16.5. The van der Waals surface area contributed by atoms with Crippen LogP contribution in [0, 0.1) is 0 Å². The van der Waals surface area contributed by atoms with Crippen LogP contribution in [0.3, 0.4) is 0 Å². The van der Waals surface area contributed by atoms with E-state index in [1.165, 1.54) is 6.20 Å². The van der Waals surface area contributed by atoms with Gasteiger partial charge in [0, 0.05) is 6.20 Å². The molecule has 130 valence electrons. The van der Waals surface area contributed by atoms with Crippen molar-refractivity contribution in [2.75, 3.05) is 13.0 Å². The number of aliphatic hydroxyl groups excluding tert-OH is 1. The summed E-state index contributed by atoms with van der Waals surface area (Å²) in [7, 11) is -4.89. The molecule has 2 aromatic rings. The van der Waals surface area contributed by atoms with E-state index < -0.39 is 37.9 Å². The maximum absolute atomic E-state index is 11.9. The van der Waals surface area contributed by atoms with Gasteiger partial charge in [-0.05, 0) is 13.2 Å². The molecule has 0 aliphatic rings. The minimum absolute atomic E-state index is 0. The summed E-state index contributed by atoms with van der Waals surface area (Å²) in [5.74, 6) is 0. The fourth-order valence-electron chi connectivity index (χ4n) is 2.05. The van der Waals surface area contributed by atoms with Crippen LogP contribution in [-0.4, -0.2) is 33.7 Å². The predicted octanol–water partition coefficient (Wildman–Crippen LogP) is -7.54. The molecular weight excluding hydrogens is 353 g/mol. The molecular formula is C14H15Li2N2O7P. The number of nitrogens with one attached hydrogen (secondary N) is 1. The van der Waals surface area contributed by atoms with Crippen molar-refractivity contribution in [2.45, 2.75) is 12.6 Å². The maximum atomic E-state index is 11.9. The Hall–Kier alpha value is -0.835. The second kappa shape index (κ2) is 11.1. The molecule has 2 N–H and O–H groups in total. The average Bonchev–Trinajstić information content (AvgIpc) is 2.53. The molecule has 1 atom stereocenters. The average molecular weight is 368 g/mol. The Bertz CT molecular complexity index is 850. The van der Waals surface area contributed by atoms with Gasteiger partial charge in [0.15, 0.2) is 0 Å². The number of ether oxygens (including phenoxy) is 1. The standard InChI is InChI=1S/C14H17N2O7P.2Li/c17-8-11(23-9-24(20,21)22)6-16-7-12(13(18)15-14(16)19)10-4-2-1-3-5-10;;/h1-5,7,11,17H,6,8-9H2,(H,15,18,19)(H2,20,21,22);;/q;2*+1/p-2/t11-;;/m1../s1. The van der Waals surface area contributed by atoms with Gasteiger partial charge in [0.1, 0.15) is 0 Å². The first-order valence-electron chi connectivity index (χ1n) is 6.93. The third-order valence-corrected chi connectivity index (χ3v) is 3.63. The van der Waals surface area contributed by atoms with Gasteiger partial charge >= 0.3 is 43.4 Å². The molecule has 0 radical (unpaired) electrons. The second-order valence-electron chi connectivity index (χ2n) is 5.03. The van der Waals surface area contributed by atoms with Gasteiger partial charge in [0.2, 0.25) is 0 Å². The summed E-state index contributed by atoms with van der Waals surface area (Å²) in [6.45, 7) is -0.835. The molecule has 0 fully saturated rings. The molecule has 0 spiro atoms. The number of nitrogens with zero attached hydrogens (tertiary/aromatic N) is 1. The van der Waals surface area contributed by atoms with Gasteiger partial charge in [0.25, 0.3) is 5.56 Å². The van der Waals surface area contributed by atoms with E-state index in [9.17, 15) is 29.0 Å². The molecule has 1 heterocycles. The van der Waals surface area contributed by atoms with E-state index >= 15 is 0 Å². The number of rotatable bonds is 7. The molecule has 1 aromatic heterocycles. The zero-order valence-electron chi connectivity index (χ0n) is 14.5. The number of H-pyrrole nitrogens is 1. The smallest absolute Gasteiger partial charge is 0.809 e. The third-order valence-electron chi connectivity index (χ3n) is 3.17. The van der Waals surface area contributed by atoms with Crippen LogP contribution >= 0.6 is 7.60 Å². The van der Waals surface area contributed by atoms with Crippen molar-refractivity contribution in [1.29, 1.82) is 0 Å². The molecule has 0 aliphatic carbocycles. The molecule has 26 heavy (non-hydrogen) atoms. The van der Waals surface area contributed by atoms with Gasteiger partial charge in [-0.1, -0.05) is 30.3 Å². The number of hydrogen-bond donors (Lipinski definition) is 2. The van der Waals surface area contributed by atoms with Gasteiger partial charge in [-0.15, -0.1) is 0 Å². The third kappa shape index (κ3) is 7.42. The van der Waals surface area contributed by atoms with E-state index in [2.05, 4.69) is 4.98 Å². The number of benzene rings is 1. The molecule has 12 heteroatoms. The van der Waals surface area contributed by atoms with Crippen LogP contribution in [0.1, 0.15) is 0 Å². The fraction of sp³-hybridized carbons (Fsp3) is 0.286. The Balaban J connectivity index is 0.00000312. The van der Waals surface area contributed by atoms with E-state index in [1.54, 1.807) is 30.3 Å².